The lowest BCUT2D eigenvalue weighted by Crippen LogP contribution is -2.83. The molecule has 0 aromatic carbocycles. The van der Waals surface area contributed by atoms with Gasteiger partial charge >= 0.3 is 0 Å². The Morgan fingerprint density at radius 3 is 3.00 bits per heavy atom. The standard InChI is InChI=1S/C6H9N/c1-3-5-7-6-4-2/h1,4,7H,2,5-6H2/p+1. The van der Waals surface area contributed by atoms with Crippen LogP contribution in [0.4, 0.5) is 0 Å². The van der Waals surface area contributed by atoms with Crippen LogP contribution >= 0.6 is 0 Å². The van der Waals surface area contributed by atoms with E-state index < -0.39 is 0 Å². The molecule has 0 aromatic rings. The van der Waals surface area contributed by atoms with Crippen LogP contribution in [0.25, 0.3) is 0 Å². The Labute approximate surface area is 44.4 Å². The fourth-order valence-corrected chi connectivity index (χ4v) is 0.285. The first kappa shape index (κ1) is 6.26. The highest BCUT2D eigenvalue weighted by Gasteiger charge is 1.73. The van der Waals surface area contributed by atoms with Crippen molar-refractivity contribution in [1.82, 2.24) is 0 Å². The maximum absolute atomic E-state index is 4.95. The molecule has 0 aliphatic carbocycles. The Hall–Kier alpha value is -0.740. The summed E-state index contributed by atoms with van der Waals surface area (Å²) in [6, 6.07) is 0. The third-order valence-electron chi connectivity index (χ3n) is 0.596. The molecule has 0 bridgehead atoms. The molecule has 0 aliphatic heterocycles. The van der Waals surface area contributed by atoms with Crippen molar-refractivity contribution >= 4 is 0 Å². The van der Waals surface area contributed by atoms with Crippen LogP contribution in [0.3, 0.4) is 0 Å². The molecular weight excluding hydrogens is 86.1 g/mol. The van der Waals surface area contributed by atoms with Crippen LogP contribution in [-0.2, 0) is 0 Å². The molecule has 0 atom stereocenters. The molecule has 0 rings (SSSR count). The first-order valence-corrected chi connectivity index (χ1v) is 2.28. The monoisotopic (exact) mass is 96.1 g/mol. The fourth-order valence-electron chi connectivity index (χ4n) is 0.285. The van der Waals surface area contributed by atoms with Crippen molar-refractivity contribution in [1.29, 1.82) is 0 Å². The summed E-state index contributed by atoms with van der Waals surface area (Å²) in [7, 11) is 0. The predicted molar refractivity (Wildman–Crippen MR) is 30.7 cm³/mol. The molecular formula is C6H10N+. The number of quaternary nitrogens is 1. The van der Waals surface area contributed by atoms with Gasteiger partial charge in [0.1, 0.15) is 6.54 Å². The number of terminal acetylenes is 1. The summed E-state index contributed by atoms with van der Waals surface area (Å²) in [5.74, 6) is 2.50. The van der Waals surface area contributed by atoms with Crippen molar-refractivity contribution in [2.24, 2.45) is 0 Å². The topological polar surface area (TPSA) is 16.6 Å². The van der Waals surface area contributed by atoms with Gasteiger partial charge in [-0.2, -0.15) is 0 Å². The van der Waals surface area contributed by atoms with E-state index in [4.69, 9.17) is 6.42 Å². The largest absolute Gasteiger partial charge is 0.333 e. The third-order valence-corrected chi connectivity index (χ3v) is 0.596. The van der Waals surface area contributed by atoms with Crippen LogP contribution in [-0.4, -0.2) is 13.1 Å². The van der Waals surface area contributed by atoms with Gasteiger partial charge in [0.2, 0.25) is 0 Å². The summed E-state index contributed by atoms with van der Waals surface area (Å²) >= 11 is 0. The lowest BCUT2D eigenvalue weighted by Gasteiger charge is -1.85. The van der Waals surface area contributed by atoms with Gasteiger partial charge in [0.05, 0.1) is 6.54 Å². The average molecular weight is 96.2 g/mol. The van der Waals surface area contributed by atoms with Crippen LogP contribution in [0.15, 0.2) is 12.7 Å². The molecule has 0 saturated carbocycles. The lowest BCUT2D eigenvalue weighted by molar-refractivity contribution is -0.634. The second-order valence-electron chi connectivity index (χ2n) is 1.22. The number of rotatable bonds is 3. The molecule has 2 N–H and O–H groups in total. The van der Waals surface area contributed by atoms with Crippen molar-refractivity contribution in [2.45, 2.75) is 0 Å². The molecule has 1 nitrogen and oxygen atoms in total. The number of hydrogen-bond donors (Lipinski definition) is 1. The van der Waals surface area contributed by atoms with Crippen molar-refractivity contribution in [3.63, 3.8) is 0 Å². The van der Waals surface area contributed by atoms with Crippen LogP contribution in [0.2, 0.25) is 0 Å². The van der Waals surface area contributed by atoms with E-state index in [1.54, 1.807) is 0 Å². The maximum Gasteiger partial charge on any atom is 0.137 e. The first-order valence-electron chi connectivity index (χ1n) is 2.28. The molecule has 0 amide bonds. The Bertz CT molecular complexity index is 78.7. The molecule has 0 aromatic heterocycles. The molecule has 7 heavy (non-hydrogen) atoms. The fraction of sp³-hybridized carbons (Fsp3) is 0.333. The van der Waals surface area contributed by atoms with Gasteiger partial charge in [0.25, 0.3) is 0 Å². The summed E-state index contributed by atoms with van der Waals surface area (Å²) in [6.07, 6.45) is 6.78. The van der Waals surface area contributed by atoms with Crippen molar-refractivity contribution in [3.05, 3.63) is 12.7 Å². The molecule has 0 unspecified atom stereocenters. The van der Waals surface area contributed by atoms with Crippen LogP contribution < -0.4 is 5.32 Å². The lowest BCUT2D eigenvalue weighted by atomic mass is 10.6. The minimum Gasteiger partial charge on any atom is -0.333 e. The highest BCUT2D eigenvalue weighted by Crippen LogP contribution is 1.42. The van der Waals surface area contributed by atoms with Crippen LogP contribution in [0.1, 0.15) is 0 Å². The van der Waals surface area contributed by atoms with Crippen LogP contribution in [0, 0.1) is 12.3 Å². The summed E-state index contributed by atoms with van der Waals surface area (Å²) in [5, 5.41) is 2.01. The molecule has 0 radical (unpaired) electrons. The summed E-state index contributed by atoms with van der Waals surface area (Å²) in [4.78, 5) is 0. The zero-order valence-corrected chi connectivity index (χ0v) is 4.35. The third kappa shape index (κ3) is 5.26. The van der Waals surface area contributed by atoms with E-state index in [9.17, 15) is 0 Å². The second-order valence-corrected chi connectivity index (χ2v) is 1.22. The Balaban J connectivity index is 2.72. The molecule has 0 spiro atoms. The molecule has 0 aliphatic rings. The van der Waals surface area contributed by atoms with Crippen molar-refractivity contribution in [2.75, 3.05) is 13.1 Å². The number of nitrogens with two attached hydrogens (primary N) is 1. The van der Waals surface area contributed by atoms with Crippen molar-refractivity contribution < 1.29 is 5.32 Å². The molecule has 0 heterocycles. The molecule has 38 valence electrons. The minimum atomic E-state index is 0.756. The summed E-state index contributed by atoms with van der Waals surface area (Å²) < 4.78 is 0. The van der Waals surface area contributed by atoms with E-state index >= 15 is 0 Å². The van der Waals surface area contributed by atoms with Gasteiger partial charge in [-0.05, 0) is 12.0 Å². The normalized spacial score (nSPS) is 7.29. The van der Waals surface area contributed by atoms with E-state index in [-0.39, 0.29) is 0 Å². The Morgan fingerprint density at radius 2 is 2.57 bits per heavy atom. The molecule has 1 heteroatoms. The van der Waals surface area contributed by atoms with Gasteiger partial charge in [0, 0.05) is 0 Å². The zero-order chi connectivity index (χ0) is 5.54. The molecule has 0 fully saturated rings. The van der Waals surface area contributed by atoms with E-state index in [2.05, 4.69) is 12.5 Å². The van der Waals surface area contributed by atoms with Gasteiger partial charge in [-0.1, -0.05) is 6.58 Å². The van der Waals surface area contributed by atoms with E-state index in [0.717, 1.165) is 13.1 Å². The highest BCUT2D eigenvalue weighted by molar-refractivity contribution is 4.81. The van der Waals surface area contributed by atoms with Gasteiger partial charge < -0.3 is 5.32 Å². The van der Waals surface area contributed by atoms with Gasteiger partial charge in [-0.25, -0.2) is 0 Å². The smallest absolute Gasteiger partial charge is 0.137 e. The van der Waals surface area contributed by atoms with Gasteiger partial charge in [-0.15, -0.1) is 6.42 Å². The SMILES string of the molecule is C#CC[NH2+]CC=C. The minimum absolute atomic E-state index is 0.756. The maximum atomic E-state index is 4.95. The average Bonchev–Trinajstić information content (AvgIpc) is 1.69. The van der Waals surface area contributed by atoms with Crippen molar-refractivity contribution in [3.8, 4) is 12.3 Å². The molecule has 0 saturated heterocycles. The summed E-state index contributed by atoms with van der Waals surface area (Å²) in [6.45, 7) is 5.21. The summed E-state index contributed by atoms with van der Waals surface area (Å²) in [5.41, 5.74) is 0. The zero-order valence-electron chi connectivity index (χ0n) is 4.35. The first-order chi connectivity index (χ1) is 3.41. The van der Waals surface area contributed by atoms with E-state index in [0.29, 0.717) is 0 Å². The second kappa shape index (κ2) is 5.26. The van der Waals surface area contributed by atoms with Gasteiger partial charge in [0.15, 0.2) is 0 Å². The van der Waals surface area contributed by atoms with E-state index in [1.165, 1.54) is 0 Å². The Morgan fingerprint density at radius 1 is 1.86 bits per heavy atom. The quantitative estimate of drug-likeness (QED) is 0.274. The Kier molecular flexibility index (Phi) is 4.70. The van der Waals surface area contributed by atoms with E-state index in [1.807, 2.05) is 11.4 Å². The van der Waals surface area contributed by atoms with Gasteiger partial charge in [-0.3, -0.25) is 0 Å². The number of hydrogen-bond acceptors (Lipinski definition) is 0. The highest BCUT2D eigenvalue weighted by atomic mass is 14.8. The predicted octanol–water partition coefficient (Wildman–Crippen LogP) is -0.631. The van der Waals surface area contributed by atoms with Crippen LogP contribution in [0.5, 0.6) is 0 Å².